The molecule has 1 saturated carbocycles. The number of nitro groups is 1. The Hall–Kier alpha value is -3.90. The van der Waals surface area contributed by atoms with Crippen molar-refractivity contribution < 1.29 is 14.8 Å². The van der Waals surface area contributed by atoms with E-state index in [9.17, 15) is 20.0 Å². The number of fused-ring (bicyclic) bond motifs is 1. The quantitative estimate of drug-likeness (QED) is 0.279. The van der Waals surface area contributed by atoms with Crippen molar-refractivity contribution in [3.05, 3.63) is 106 Å². The number of carbonyl (C=O) groups excluding carboxylic acids is 1. The normalized spacial score (nSPS) is 22.3. The number of hydrogen-bond donors (Lipinski definition) is 1. The van der Waals surface area contributed by atoms with Gasteiger partial charge in [0, 0.05) is 23.1 Å². The molecule has 4 aromatic rings. The molecular weight excluding hydrogens is 404 g/mol. The predicted octanol–water partition coefficient (Wildman–Crippen LogP) is 4.93. The summed E-state index contributed by atoms with van der Waals surface area (Å²) in [5.74, 6) is 0. The molecule has 32 heavy (non-hydrogen) atoms. The summed E-state index contributed by atoms with van der Waals surface area (Å²) in [6.45, 7) is 0. The van der Waals surface area contributed by atoms with Gasteiger partial charge in [-0.1, -0.05) is 54.6 Å². The van der Waals surface area contributed by atoms with E-state index >= 15 is 0 Å². The fraction of sp³-hybridized carbons (Fsp3) is 0.154. The molecule has 0 radical (unpaired) electrons. The Morgan fingerprint density at radius 3 is 2.25 bits per heavy atom. The van der Waals surface area contributed by atoms with Crippen molar-refractivity contribution in [2.45, 2.75) is 23.9 Å². The van der Waals surface area contributed by atoms with Gasteiger partial charge in [-0.3, -0.25) is 15.1 Å². The van der Waals surface area contributed by atoms with Crippen LogP contribution in [-0.4, -0.2) is 21.3 Å². The van der Waals surface area contributed by atoms with E-state index < -0.39 is 15.9 Å². The molecule has 3 aromatic carbocycles. The molecule has 0 unspecified atom stereocenters. The van der Waals surface area contributed by atoms with E-state index in [4.69, 9.17) is 4.98 Å². The minimum Gasteiger partial charge on any atom is -0.385 e. The summed E-state index contributed by atoms with van der Waals surface area (Å²) in [7, 11) is 0. The number of nitrogens with zero attached hydrogens (tertiary/aromatic N) is 2. The number of nitro benzene ring substituents is 1. The number of benzene rings is 3. The summed E-state index contributed by atoms with van der Waals surface area (Å²) in [6, 6.07) is 25.2. The van der Waals surface area contributed by atoms with E-state index in [0.29, 0.717) is 11.4 Å². The van der Waals surface area contributed by atoms with Crippen molar-refractivity contribution in [2.24, 2.45) is 0 Å². The summed E-state index contributed by atoms with van der Waals surface area (Å²) in [6.07, 6.45) is 1.39. The van der Waals surface area contributed by atoms with Gasteiger partial charge >= 0.3 is 0 Å². The number of non-ortho nitro benzene ring substituents is 1. The van der Waals surface area contributed by atoms with Gasteiger partial charge in [0.2, 0.25) is 0 Å². The second-order valence-electron chi connectivity index (χ2n) is 8.41. The monoisotopic (exact) mass is 424 g/mol. The lowest BCUT2D eigenvalue weighted by molar-refractivity contribution is -0.384. The standard InChI is InChI=1S/C26H20N2O4/c29-17-25(15-26(30,16-25)20-7-2-1-3-8-20)24-22-9-5-4-6-19(22)14-23(27-24)18-10-12-21(13-11-18)28(31)32/h1-14,17,30H,15-16H2. The maximum atomic E-state index is 12.4. The summed E-state index contributed by atoms with van der Waals surface area (Å²) in [5, 5.41) is 24.0. The van der Waals surface area contributed by atoms with Crippen molar-refractivity contribution in [3.8, 4) is 11.3 Å². The Kier molecular flexibility index (Phi) is 4.60. The highest BCUT2D eigenvalue weighted by Crippen LogP contribution is 2.55. The van der Waals surface area contributed by atoms with E-state index in [1.807, 2.05) is 60.7 Å². The first-order valence-electron chi connectivity index (χ1n) is 10.3. The number of pyridine rings is 1. The van der Waals surface area contributed by atoms with Gasteiger partial charge in [-0.05, 0) is 42.0 Å². The maximum absolute atomic E-state index is 12.4. The number of aliphatic hydroxyl groups is 1. The molecule has 0 amide bonds. The van der Waals surface area contributed by atoms with Crippen LogP contribution in [0.3, 0.4) is 0 Å². The SMILES string of the molecule is O=CC1(c2nc(-c3ccc([N+](=O)[O-])cc3)cc3ccccc23)CC(O)(c2ccccc2)C1. The molecule has 6 heteroatoms. The van der Waals surface area contributed by atoms with Crippen LogP contribution in [0.1, 0.15) is 24.1 Å². The molecule has 0 spiro atoms. The van der Waals surface area contributed by atoms with Crippen LogP contribution >= 0.6 is 0 Å². The van der Waals surface area contributed by atoms with Crippen LogP contribution < -0.4 is 0 Å². The first kappa shape index (κ1) is 20.0. The summed E-state index contributed by atoms with van der Waals surface area (Å²) >= 11 is 0. The largest absolute Gasteiger partial charge is 0.385 e. The summed E-state index contributed by atoms with van der Waals surface area (Å²) < 4.78 is 0. The van der Waals surface area contributed by atoms with E-state index in [-0.39, 0.29) is 18.5 Å². The van der Waals surface area contributed by atoms with Gasteiger partial charge in [0.25, 0.3) is 5.69 Å². The van der Waals surface area contributed by atoms with Gasteiger partial charge in [-0.25, -0.2) is 0 Å². The smallest absolute Gasteiger partial charge is 0.269 e. The number of carbonyl (C=O) groups is 1. The number of aldehydes is 1. The average molecular weight is 424 g/mol. The zero-order valence-corrected chi connectivity index (χ0v) is 17.1. The van der Waals surface area contributed by atoms with Crippen molar-refractivity contribution >= 4 is 22.7 Å². The van der Waals surface area contributed by atoms with Gasteiger partial charge in [-0.15, -0.1) is 0 Å². The van der Waals surface area contributed by atoms with Crippen LogP contribution in [0.4, 0.5) is 5.69 Å². The van der Waals surface area contributed by atoms with Crippen molar-refractivity contribution in [1.29, 1.82) is 0 Å². The van der Waals surface area contributed by atoms with Crippen LogP contribution in [0.25, 0.3) is 22.0 Å². The lowest BCUT2D eigenvalue weighted by Gasteiger charge is -2.50. The summed E-state index contributed by atoms with van der Waals surface area (Å²) in [4.78, 5) is 27.8. The molecule has 5 rings (SSSR count). The molecule has 158 valence electrons. The Morgan fingerprint density at radius 1 is 0.938 bits per heavy atom. The molecule has 1 fully saturated rings. The highest BCUT2D eigenvalue weighted by atomic mass is 16.6. The second kappa shape index (κ2) is 7.35. The van der Waals surface area contributed by atoms with Crippen LogP contribution in [-0.2, 0) is 15.8 Å². The van der Waals surface area contributed by atoms with Crippen LogP contribution in [0, 0.1) is 10.1 Å². The number of hydrogen-bond acceptors (Lipinski definition) is 5. The van der Waals surface area contributed by atoms with Gasteiger partial charge < -0.3 is 9.90 Å². The Labute approximate surface area is 184 Å². The van der Waals surface area contributed by atoms with E-state index in [0.717, 1.165) is 28.2 Å². The minimum atomic E-state index is -1.09. The average Bonchev–Trinajstić information content (AvgIpc) is 2.82. The van der Waals surface area contributed by atoms with Crippen LogP contribution in [0.2, 0.25) is 0 Å². The van der Waals surface area contributed by atoms with Crippen molar-refractivity contribution in [3.63, 3.8) is 0 Å². The Morgan fingerprint density at radius 2 is 1.59 bits per heavy atom. The molecule has 0 saturated heterocycles. The molecular formula is C26H20N2O4. The van der Waals surface area contributed by atoms with Gasteiger partial charge in [0.05, 0.1) is 27.3 Å². The van der Waals surface area contributed by atoms with E-state index in [2.05, 4.69) is 0 Å². The lowest BCUT2D eigenvalue weighted by Crippen LogP contribution is -2.54. The molecule has 0 bridgehead atoms. The molecule has 1 heterocycles. The third-order valence-electron chi connectivity index (χ3n) is 6.34. The molecule has 1 aliphatic rings. The molecule has 1 aliphatic carbocycles. The van der Waals surface area contributed by atoms with Gasteiger partial charge in [0.1, 0.15) is 6.29 Å². The van der Waals surface area contributed by atoms with E-state index in [1.54, 1.807) is 12.1 Å². The van der Waals surface area contributed by atoms with Crippen molar-refractivity contribution in [2.75, 3.05) is 0 Å². The van der Waals surface area contributed by atoms with E-state index in [1.165, 1.54) is 12.1 Å². The Bertz CT molecular complexity index is 1330. The fourth-order valence-electron chi connectivity index (χ4n) is 4.73. The highest BCUT2D eigenvalue weighted by Gasteiger charge is 2.57. The zero-order chi connectivity index (χ0) is 22.3. The predicted molar refractivity (Wildman–Crippen MR) is 121 cm³/mol. The minimum absolute atomic E-state index is 0.00559. The molecule has 6 nitrogen and oxygen atoms in total. The highest BCUT2D eigenvalue weighted by molar-refractivity contribution is 5.92. The molecule has 1 N–H and O–H groups in total. The van der Waals surface area contributed by atoms with Crippen LogP contribution in [0.5, 0.6) is 0 Å². The third kappa shape index (κ3) is 3.16. The second-order valence-corrected chi connectivity index (χ2v) is 8.41. The first-order chi connectivity index (χ1) is 15.4. The summed E-state index contributed by atoms with van der Waals surface area (Å²) in [5.41, 5.74) is 0.764. The number of rotatable bonds is 5. The molecule has 1 aromatic heterocycles. The van der Waals surface area contributed by atoms with Gasteiger partial charge in [-0.2, -0.15) is 0 Å². The van der Waals surface area contributed by atoms with Gasteiger partial charge in [0.15, 0.2) is 0 Å². The Balaban J connectivity index is 1.62. The maximum Gasteiger partial charge on any atom is 0.269 e. The van der Waals surface area contributed by atoms with Crippen LogP contribution in [0.15, 0.2) is 84.9 Å². The lowest BCUT2D eigenvalue weighted by atomic mass is 9.55. The fourth-order valence-corrected chi connectivity index (χ4v) is 4.73. The number of aromatic nitrogens is 1. The van der Waals surface area contributed by atoms with Crippen molar-refractivity contribution in [1.82, 2.24) is 4.98 Å². The topological polar surface area (TPSA) is 93.3 Å². The molecule has 0 aliphatic heterocycles. The molecule has 0 atom stereocenters. The zero-order valence-electron chi connectivity index (χ0n) is 17.1. The first-order valence-corrected chi connectivity index (χ1v) is 10.3. The third-order valence-corrected chi connectivity index (χ3v) is 6.34.